The normalized spacial score (nSPS) is 15.4. The van der Waals surface area contributed by atoms with Crippen molar-refractivity contribution in [1.82, 2.24) is 9.79 Å². The smallest absolute Gasteiger partial charge is 0.267 e. The van der Waals surface area contributed by atoms with Gasteiger partial charge in [-0.2, -0.15) is 4.31 Å². The lowest BCUT2D eigenvalue weighted by atomic mass is 10.2. The van der Waals surface area contributed by atoms with Crippen LogP contribution in [-0.4, -0.2) is 57.1 Å². The number of hydroxylamine groups is 1. The molecule has 2 N–H and O–H groups in total. The maximum absolute atomic E-state index is 13.0. The molecule has 0 radical (unpaired) electrons. The molecular weight excluding hydrogens is 394 g/mol. The van der Waals surface area contributed by atoms with Gasteiger partial charge in [-0.15, -0.1) is 0 Å². The molecule has 29 heavy (non-hydrogen) atoms. The summed E-state index contributed by atoms with van der Waals surface area (Å²) in [6, 6.07) is 14.0. The Labute approximate surface area is 170 Å². The molecule has 1 aliphatic rings. The number of hydrogen-bond donors (Lipinski definition) is 2. The van der Waals surface area contributed by atoms with E-state index in [4.69, 9.17) is 9.94 Å². The van der Waals surface area contributed by atoms with Crippen LogP contribution in [-0.2, 0) is 14.8 Å². The predicted octanol–water partition coefficient (Wildman–Crippen LogP) is 1.72. The maximum Gasteiger partial charge on any atom is 0.267 e. The molecular formula is C20H23N3O5S. The van der Waals surface area contributed by atoms with Crippen molar-refractivity contribution in [2.75, 3.05) is 38.2 Å². The zero-order valence-corrected chi connectivity index (χ0v) is 16.8. The zero-order valence-electron chi connectivity index (χ0n) is 16.0. The lowest BCUT2D eigenvalue weighted by molar-refractivity contribution is -0.124. The van der Waals surface area contributed by atoms with E-state index in [1.807, 2.05) is 24.3 Å². The molecule has 1 fully saturated rings. The number of hydrogen-bond acceptors (Lipinski definition) is 6. The average molecular weight is 417 g/mol. The minimum absolute atomic E-state index is 0.168. The van der Waals surface area contributed by atoms with Gasteiger partial charge in [0.1, 0.15) is 5.75 Å². The highest BCUT2D eigenvalue weighted by molar-refractivity contribution is 7.89. The maximum atomic E-state index is 13.0. The highest BCUT2D eigenvalue weighted by Crippen LogP contribution is 2.23. The van der Waals surface area contributed by atoms with Crippen molar-refractivity contribution in [3.05, 3.63) is 60.2 Å². The van der Waals surface area contributed by atoms with E-state index in [-0.39, 0.29) is 4.90 Å². The van der Waals surface area contributed by atoms with Gasteiger partial charge in [0.05, 0.1) is 12.0 Å². The molecule has 1 saturated heterocycles. The summed E-state index contributed by atoms with van der Waals surface area (Å²) in [5.41, 5.74) is 3.06. The minimum atomic E-state index is -3.64. The monoisotopic (exact) mass is 417 g/mol. The Bertz CT molecular complexity index is 981. The van der Waals surface area contributed by atoms with Crippen molar-refractivity contribution in [2.45, 2.75) is 4.90 Å². The Hall–Kier alpha value is -2.88. The first-order valence-corrected chi connectivity index (χ1v) is 10.5. The summed E-state index contributed by atoms with van der Waals surface area (Å²) in [4.78, 5) is 13.4. The summed E-state index contributed by atoms with van der Waals surface area (Å²) in [5, 5.41) is 8.53. The number of rotatable bonds is 6. The van der Waals surface area contributed by atoms with Crippen molar-refractivity contribution < 1.29 is 23.2 Å². The quantitative estimate of drug-likeness (QED) is 0.422. The van der Waals surface area contributed by atoms with Crippen LogP contribution in [0.5, 0.6) is 5.75 Å². The Morgan fingerprint density at radius 2 is 1.79 bits per heavy atom. The number of amides is 1. The molecule has 0 unspecified atom stereocenters. The van der Waals surface area contributed by atoms with Gasteiger partial charge >= 0.3 is 0 Å². The molecule has 0 aliphatic carbocycles. The van der Waals surface area contributed by atoms with Crippen LogP contribution in [0.1, 0.15) is 5.56 Å². The van der Waals surface area contributed by atoms with Crippen molar-refractivity contribution in [1.29, 1.82) is 0 Å². The zero-order chi connectivity index (χ0) is 20.9. The van der Waals surface area contributed by atoms with Crippen LogP contribution in [0, 0.1) is 0 Å². The van der Waals surface area contributed by atoms with E-state index in [1.54, 1.807) is 19.2 Å². The second kappa shape index (κ2) is 9.08. The van der Waals surface area contributed by atoms with Crippen molar-refractivity contribution in [2.24, 2.45) is 0 Å². The molecule has 2 aromatic carbocycles. The summed E-state index contributed by atoms with van der Waals surface area (Å²) in [6.07, 6.45) is 2.56. The molecule has 0 saturated carbocycles. The van der Waals surface area contributed by atoms with Crippen LogP contribution in [0.15, 0.2) is 59.5 Å². The number of nitrogens with one attached hydrogen (secondary N) is 1. The largest absolute Gasteiger partial charge is 0.497 e. The predicted molar refractivity (Wildman–Crippen MR) is 109 cm³/mol. The average Bonchev–Trinajstić information content (AvgIpc) is 2.77. The summed E-state index contributed by atoms with van der Waals surface area (Å²) >= 11 is 0. The number of anilines is 1. The van der Waals surface area contributed by atoms with Crippen LogP contribution in [0.4, 0.5) is 5.69 Å². The molecule has 0 atom stereocenters. The number of piperazine rings is 1. The Morgan fingerprint density at radius 3 is 2.41 bits per heavy atom. The SMILES string of the molecule is COc1ccc(N2CCN(S(=O)(=O)c3cccc(C=CC(=O)NO)c3)CC2)cc1. The number of carbonyl (C=O) groups is 1. The standard InChI is InChI=1S/C20H23N3O5S/c1-28-18-8-6-17(7-9-18)22-11-13-23(14-12-22)29(26,27)19-4-2-3-16(15-19)5-10-20(24)21-25/h2-10,15,25H,11-14H2,1H3,(H,21,24). The number of methoxy groups -OCH3 is 1. The van der Waals surface area contributed by atoms with Crippen LogP contribution in [0.25, 0.3) is 6.08 Å². The van der Waals surface area contributed by atoms with E-state index in [1.165, 1.54) is 28.0 Å². The highest BCUT2D eigenvalue weighted by Gasteiger charge is 2.28. The summed E-state index contributed by atoms with van der Waals surface area (Å²) in [5.74, 6) is 0.0910. The van der Waals surface area contributed by atoms with Crippen LogP contribution >= 0.6 is 0 Å². The fraction of sp³-hybridized carbons (Fsp3) is 0.250. The van der Waals surface area contributed by atoms with Gasteiger partial charge in [-0.25, -0.2) is 13.9 Å². The third-order valence-electron chi connectivity index (χ3n) is 4.71. The molecule has 3 rings (SSSR count). The van der Waals surface area contributed by atoms with Crippen LogP contribution in [0.3, 0.4) is 0 Å². The molecule has 0 aromatic heterocycles. The minimum Gasteiger partial charge on any atom is -0.497 e. The highest BCUT2D eigenvalue weighted by atomic mass is 32.2. The van der Waals surface area contributed by atoms with Crippen LogP contribution < -0.4 is 15.1 Å². The molecule has 0 spiro atoms. The second-order valence-corrected chi connectivity index (χ2v) is 8.41. The van der Waals surface area contributed by atoms with E-state index >= 15 is 0 Å². The Kier molecular flexibility index (Phi) is 6.53. The number of sulfonamides is 1. The third-order valence-corrected chi connectivity index (χ3v) is 6.60. The van der Waals surface area contributed by atoms with E-state index < -0.39 is 15.9 Å². The first-order valence-electron chi connectivity index (χ1n) is 9.05. The van der Waals surface area contributed by atoms with E-state index in [0.29, 0.717) is 31.7 Å². The second-order valence-electron chi connectivity index (χ2n) is 6.47. The van der Waals surface area contributed by atoms with Crippen molar-refractivity contribution in [3.63, 3.8) is 0 Å². The number of nitrogens with zero attached hydrogens (tertiary/aromatic N) is 2. The van der Waals surface area contributed by atoms with Gasteiger partial charge in [-0.1, -0.05) is 12.1 Å². The topological polar surface area (TPSA) is 99.2 Å². The fourth-order valence-electron chi connectivity index (χ4n) is 3.12. The van der Waals surface area contributed by atoms with Gasteiger partial charge in [0.15, 0.2) is 0 Å². The Balaban J connectivity index is 1.69. The van der Waals surface area contributed by atoms with E-state index in [0.717, 1.165) is 17.5 Å². The molecule has 1 heterocycles. The number of ether oxygens (including phenoxy) is 1. The van der Waals surface area contributed by atoms with Gasteiger partial charge in [0, 0.05) is 37.9 Å². The van der Waals surface area contributed by atoms with Gasteiger partial charge in [0.2, 0.25) is 10.0 Å². The lowest BCUT2D eigenvalue weighted by Gasteiger charge is -2.35. The summed E-state index contributed by atoms with van der Waals surface area (Å²) in [6.45, 7) is 1.92. The number of carbonyl (C=O) groups excluding carboxylic acids is 1. The first-order chi connectivity index (χ1) is 13.9. The molecule has 0 bridgehead atoms. The molecule has 1 aliphatic heterocycles. The van der Waals surface area contributed by atoms with E-state index in [2.05, 4.69) is 4.90 Å². The Morgan fingerprint density at radius 1 is 1.10 bits per heavy atom. The number of benzene rings is 2. The molecule has 8 nitrogen and oxygen atoms in total. The van der Waals surface area contributed by atoms with Gasteiger partial charge in [0.25, 0.3) is 5.91 Å². The molecule has 154 valence electrons. The van der Waals surface area contributed by atoms with Gasteiger partial charge in [-0.05, 0) is 48.0 Å². The molecule has 9 heteroatoms. The van der Waals surface area contributed by atoms with Crippen LogP contribution in [0.2, 0.25) is 0 Å². The van der Waals surface area contributed by atoms with Crippen molar-refractivity contribution >= 4 is 27.7 Å². The summed E-state index contributed by atoms with van der Waals surface area (Å²) in [7, 11) is -2.03. The van der Waals surface area contributed by atoms with Gasteiger partial charge in [-0.3, -0.25) is 10.0 Å². The first kappa shape index (κ1) is 20.8. The summed E-state index contributed by atoms with van der Waals surface area (Å²) < 4.78 is 32.7. The lowest BCUT2D eigenvalue weighted by Crippen LogP contribution is -2.48. The van der Waals surface area contributed by atoms with Gasteiger partial charge < -0.3 is 9.64 Å². The molecule has 1 amide bonds. The fourth-order valence-corrected chi connectivity index (χ4v) is 4.59. The van der Waals surface area contributed by atoms with E-state index in [9.17, 15) is 13.2 Å². The molecule has 2 aromatic rings. The third kappa shape index (κ3) is 4.94. The van der Waals surface area contributed by atoms with Crippen molar-refractivity contribution in [3.8, 4) is 5.75 Å².